The first-order valence-corrected chi connectivity index (χ1v) is 7.97. The lowest BCUT2D eigenvalue weighted by atomic mass is 10.1. The van der Waals surface area contributed by atoms with E-state index < -0.39 is 0 Å². The van der Waals surface area contributed by atoms with Crippen molar-refractivity contribution in [1.82, 2.24) is 0 Å². The maximum atomic E-state index is 12.3. The van der Waals surface area contributed by atoms with Crippen LogP contribution in [0.25, 0.3) is 0 Å². The van der Waals surface area contributed by atoms with Gasteiger partial charge in [-0.15, -0.1) is 11.3 Å². The molecular formula is C15H16Cl2N2OS. The van der Waals surface area contributed by atoms with E-state index in [1.165, 1.54) is 11.3 Å². The molecule has 2 N–H and O–H groups in total. The van der Waals surface area contributed by atoms with Crippen molar-refractivity contribution in [2.24, 2.45) is 0 Å². The molecule has 6 heteroatoms. The van der Waals surface area contributed by atoms with Gasteiger partial charge in [0.25, 0.3) is 5.91 Å². The largest absolute Gasteiger partial charge is 0.379 e. The minimum atomic E-state index is -0.272. The average molecular weight is 343 g/mol. The van der Waals surface area contributed by atoms with Crippen molar-refractivity contribution < 1.29 is 4.79 Å². The lowest BCUT2D eigenvalue weighted by molar-refractivity contribution is 0.102. The van der Waals surface area contributed by atoms with E-state index in [9.17, 15) is 4.79 Å². The van der Waals surface area contributed by atoms with Crippen molar-refractivity contribution in [3.05, 3.63) is 44.6 Å². The van der Waals surface area contributed by atoms with Crippen LogP contribution in [0.1, 0.15) is 31.1 Å². The molecule has 0 radical (unpaired) electrons. The second kappa shape index (κ2) is 6.26. The SMILES string of the molecule is CC(C)(C)Nc1ccccc1NC(=O)c1cc(Cl)sc1Cl. The topological polar surface area (TPSA) is 41.1 Å². The fourth-order valence-corrected chi connectivity index (χ4v) is 3.25. The number of hydrogen-bond donors (Lipinski definition) is 2. The van der Waals surface area contributed by atoms with E-state index in [4.69, 9.17) is 23.2 Å². The van der Waals surface area contributed by atoms with Gasteiger partial charge in [-0.05, 0) is 39.0 Å². The van der Waals surface area contributed by atoms with Crippen molar-refractivity contribution in [1.29, 1.82) is 0 Å². The molecule has 0 unspecified atom stereocenters. The lowest BCUT2D eigenvalue weighted by Gasteiger charge is -2.24. The summed E-state index contributed by atoms with van der Waals surface area (Å²) >= 11 is 13.1. The van der Waals surface area contributed by atoms with Crippen LogP contribution in [0.2, 0.25) is 8.67 Å². The molecular weight excluding hydrogens is 327 g/mol. The van der Waals surface area contributed by atoms with Crippen LogP contribution in [-0.4, -0.2) is 11.4 Å². The monoisotopic (exact) mass is 342 g/mol. The van der Waals surface area contributed by atoms with Crippen molar-refractivity contribution in [3.63, 3.8) is 0 Å². The molecule has 21 heavy (non-hydrogen) atoms. The Morgan fingerprint density at radius 2 is 1.76 bits per heavy atom. The molecule has 2 aromatic rings. The van der Waals surface area contributed by atoms with E-state index in [1.807, 2.05) is 24.3 Å². The number of halogens is 2. The third-order valence-electron chi connectivity index (χ3n) is 2.59. The lowest BCUT2D eigenvalue weighted by Crippen LogP contribution is -2.27. The first kappa shape index (κ1) is 16.1. The Balaban J connectivity index is 2.24. The molecule has 0 aliphatic heterocycles. The second-order valence-electron chi connectivity index (χ2n) is 5.61. The molecule has 2 rings (SSSR count). The van der Waals surface area contributed by atoms with Gasteiger partial charge in [-0.2, -0.15) is 0 Å². The van der Waals surface area contributed by atoms with Crippen LogP contribution in [0.3, 0.4) is 0 Å². The van der Waals surface area contributed by atoms with E-state index >= 15 is 0 Å². The fraction of sp³-hybridized carbons (Fsp3) is 0.267. The number of para-hydroxylation sites is 2. The molecule has 0 spiro atoms. The van der Waals surface area contributed by atoms with Gasteiger partial charge in [0.05, 0.1) is 21.3 Å². The molecule has 1 amide bonds. The highest BCUT2D eigenvalue weighted by atomic mass is 35.5. The smallest absolute Gasteiger partial charge is 0.258 e. The minimum Gasteiger partial charge on any atom is -0.379 e. The summed E-state index contributed by atoms with van der Waals surface area (Å²) in [5.74, 6) is -0.272. The van der Waals surface area contributed by atoms with E-state index in [1.54, 1.807) is 6.07 Å². The molecule has 0 saturated heterocycles. The van der Waals surface area contributed by atoms with E-state index in [2.05, 4.69) is 31.4 Å². The molecule has 112 valence electrons. The van der Waals surface area contributed by atoms with Crippen LogP contribution in [0.4, 0.5) is 11.4 Å². The average Bonchev–Trinajstić information content (AvgIpc) is 2.69. The summed E-state index contributed by atoms with van der Waals surface area (Å²) in [4.78, 5) is 12.3. The summed E-state index contributed by atoms with van der Waals surface area (Å²) in [5.41, 5.74) is 1.84. The van der Waals surface area contributed by atoms with Crippen LogP contribution in [-0.2, 0) is 0 Å². The number of carbonyl (C=O) groups is 1. The highest BCUT2D eigenvalue weighted by molar-refractivity contribution is 7.20. The zero-order valence-corrected chi connectivity index (χ0v) is 14.3. The Morgan fingerprint density at radius 3 is 2.29 bits per heavy atom. The van der Waals surface area contributed by atoms with Crippen LogP contribution in [0.15, 0.2) is 30.3 Å². The summed E-state index contributed by atoms with van der Waals surface area (Å²) in [7, 11) is 0. The molecule has 0 bridgehead atoms. The number of hydrogen-bond acceptors (Lipinski definition) is 3. The van der Waals surface area contributed by atoms with E-state index in [0.29, 0.717) is 19.9 Å². The van der Waals surface area contributed by atoms with E-state index in [-0.39, 0.29) is 11.4 Å². The number of rotatable bonds is 3. The molecule has 0 fully saturated rings. The molecule has 1 heterocycles. The van der Waals surface area contributed by atoms with Crippen LogP contribution < -0.4 is 10.6 Å². The van der Waals surface area contributed by atoms with Crippen molar-refractivity contribution >= 4 is 51.8 Å². The zero-order valence-electron chi connectivity index (χ0n) is 12.0. The zero-order chi connectivity index (χ0) is 15.6. The predicted octanol–water partition coefficient (Wildman–Crippen LogP) is 5.52. The quantitative estimate of drug-likeness (QED) is 0.771. The maximum absolute atomic E-state index is 12.3. The summed E-state index contributed by atoms with van der Waals surface area (Å²) in [5, 5.41) is 6.22. The molecule has 0 atom stereocenters. The molecule has 1 aromatic carbocycles. The Kier molecular flexibility index (Phi) is 4.81. The van der Waals surface area contributed by atoms with Gasteiger partial charge >= 0.3 is 0 Å². The van der Waals surface area contributed by atoms with Gasteiger partial charge < -0.3 is 10.6 Å². The first-order chi connectivity index (χ1) is 9.76. The summed E-state index contributed by atoms with van der Waals surface area (Å²) in [6.45, 7) is 6.17. The highest BCUT2D eigenvalue weighted by Crippen LogP contribution is 2.32. The van der Waals surface area contributed by atoms with Gasteiger partial charge in [0.2, 0.25) is 0 Å². The number of anilines is 2. The Morgan fingerprint density at radius 1 is 1.14 bits per heavy atom. The number of nitrogens with one attached hydrogen (secondary N) is 2. The summed E-state index contributed by atoms with van der Waals surface area (Å²) in [6.07, 6.45) is 0. The Labute approximate surface area is 138 Å². The van der Waals surface area contributed by atoms with Crippen molar-refractivity contribution in [2.45, 2.75) is 26.3 Å². The molecule has 0 aliphatic carbocycles. The normalized spacial score (nSPS) is 11.3. The first-order valence-electron chi connectivity index (χ1n) is 6.40. The highest BCUT2D eigenvalue weighted by Gasteiger charge is 2.17. The second-order valence-corrected chi connectivity index (χ2v) is 7.90. The molecule has 0 saturated carbocycles. The third-order valence-corrected chi connectivity index (χ3v) is 4.07. The molecule has 0 aliphatic rings. The van der Waals surface area contributed by atoms with Gasteiger partial charge in [-0.3, -0.25) is 4.79 Å². The number of amides is 1. The third kappa shape index (κ3) is 4.37. The van der Waals surface area contributed by atoms with Gasteiger partial charge in [0.15, 0.2) is 0 Å². The molecule has 1 aromatic heterocycles. The molecule has 3 nitrogen and oxygen atoms in total. The van der Waals surface area contributed by atoms with Crippen LogP contribution in [0, 0.1) is 0 Å². The maximum Gasteiger partial charge on any atom is 0.258 e. The fourth-order valence-electron chi connectivity index (χ4n) is 1.79. The summed E-state index contributed by atoms with van der Waals surface area (Å²) < 4.78 is 0.880. The van der Waals surface area contributed by atoms with Crippen molar-refractivity contribution in [3.8, 4) is 0 Å². The number of thiophene rings is 1. The van der Waals surface area contributed by atoms with Gasteiger partial charge in [-0.1, -0.05) is 35.3 Å². The Bertz CT molecular complexity index is 662. The van der Waals surface area contributed by atoms with Crippen LogP contribution in [0.5, 0.6) is 0 Å². The Hall–Kier alpha value is -1.23. The predicted molar refractivity (Wildman–Crippen MR) is 92.1 cm³/mol. The number of carbonyl (C=O) groups excluding carboxylic acids is 1. The van der Waals surface area contributed by atoms with Crippen molar-refractivity contribution in [2.75, 3.05) is 10.6 Å². The van der Waals surface area contributed by atoms with Gasteiger partial charge in [0, 0.05) is 5.54 Å². The van der Waals surface area contributed by atoms with Crippen LogP contribution >= 0.6 is 34.5 Å². The number of benzene rings is 1. The van der Waals surface area contributed by atoms with Gasteiger partial charge in [0.1, 0.15) is 4.34 Å². The minimum absolute atomic E-state index is 0.107. The standard InChI is InChI=1S/C15H16Cl2N2OS/c1-15(2,3)19-11-7-5-4-6-10(11)18-14(20)9-8-12(16)21-13(9)17/h4-8,19H,1-3H3,(H,18,20). The van der Waals surface area contributed by atoms with Gasteiger partial charge in [-0.25, -0.2) is 0 Å². The van der Waals surface area contributed by atoms with E-state index in [0.717, 1.165) is 5.69 Å². The summed E-state index contributed by atoms with van der Waals surface area (Å²) in [6, 6.07) is 9.12.